The van der Waals surface area contributed by atoms with Gasteiger partial charge >= 0.3 is 6.18 Å². The number of carbonyl (C=O) groups excluding carboxylic acids is 1. The lowest BCUT2D eigenvalue weighted by atomic mass is 9.77. The number of nitrogen functional groups attached to an aromatic ring is 1. The van der Waals surface area contributed by atoms with Gasteiger partial charge in [0.15, 0.2) is 23.1 Å². The number of imidazole rings is 1. The first-order valence-corrected chi connectivity index (χ1v) is 12.1. The Kier molecular flexibility index (Phi) is 5.88. The van der Waals surface area contributed by atoms with Crippen molar-refractivity contribution < 1.29 is 36.2 Å². The van der Waals surface area contributed by atoms with Crippen LogP contribution in [0.1, 0.15) is 34.9 Å². The Morgan fingerprint density at radius 1 is 1.10 bits per heavy atom. The molecule has 0 saturated carbocycles. The summed E-state index contributed by atoms with van der Waals surface area (Å²) in [5, 5.41) is 12.6. The van der Waals surface area contributed by atoms with Crippen LogP contribution < -0.4 is 11.1 Å². The molecule has 9 nitrogen and oxygen atoms in total. The van der Waals surface area contributed by atoms with Gasteiger partial charge in [0.2, 0.25) is 5.91 Å². The second kappa shape index (κ2) is 9.15. The van der Waals surface area contributed by atoms with E-state index < -0.39 is 46.3 Å². The van der Waals surface area contributed by atoms with Crippen LogP contribution in [0.2, 0.25) is 0 Å². The quantitative estimate of drug-likeness (QED) is 0.205. The van der Waals surface area contributed by atoms with Crippen LogP contribution in [-0.2, 0) is 22.8 Å². The van der Waals surface area contributed by atoms with Crippen LogP contribution in [0.25, 0.3) is 17.2 Å². The number of hydrogen-bond acceptors (Lipinski definition) is 7. The Morgan fingerprint density at radius 2 is 1.86 bits per heavy atom. The van der Waals surface area contributed by atoms with Crippen LogP contribution in [0.3, 0.4) is 0 Å². The van der Waals surface area contributed by atoms with Gasteiger partial charge in [0.1, 0.15) is 34.3 Å². The van der Waals surface area contributed by atoms with Crippen molar-refractivity contribution in [1.82, 2.24) is 24.3 Å². The summed E-state index contributed by atoms with van der Waals surface area (Å²) in [5.41, 5.74) is 3.57. The molecule has 1 aliphatic rings. The SMILES string of the molecule is C[C@]1(c2ccc(C(F)(F)F)c(O)c2)C(=O)Nc2nc(-c3cn4ccnc4c(Cc4cc(F)cc(F)c4F)n3)nc(N)c21. The molecule has 6 rings (SSSR count). The molecule has 1 aliphatic heterocycles. The average Bonchev–Trinajstić information content (AvgIpc) is 3.49. The van der Waals surface area contributed by atoms with Crippen LogP contribution in [0.4, 0.5) is 38.0 Å². The molecule has 0 aliphatic carbocycles. The molecular formula is C27H17F6N7O2. The number of carbonyl (C=O) groups is 1. The number of anilines is 2. The zero-order chi connectivity index (χ0) is 30.1. The third kappa shape index (κ3) is 4.15. The summed E-state index contributed by atoms with van der Waals surface area (Å²) < 4.78 is 83.1. The second-order valence-corrected chi connectivity index (χ2v) is 9.73. The number of nitrogens with two attached hydrogens (primary N) is 1. The first-order valence-electron chi connectivity index (χ1n) is 12.1. The molecule has 42 heavy (non-hydrogen) atoms. The summed E-state index contributed by atoms with van der Waals surface area (Å²) in [6, 6.07) is 3.81. The summed E-state index contributed by atoms with van der Waals surface area (Å²) in [6.45, 7) is 1.40. The van der Waals surface area contributed by atoms with Crippen molar-refractivity contribution in [1.29, 1.82) is 0 Å². The number of halogens is 6. The Bertz CT molecular complexity index is 1940. The second-order valence-electron chi connectivity index (χ2n) is 9.73. The van der Waals surface area contributed by atoms with Gasteiger partial charge in [0.05, 0.1) is 16.8 Å². The highest BCUT2D eigenvalue weighted by atomic mass is 19.4. The number of benzene rings is 2. The van der Waals surface area contributed by atoms with Crippen molar-refractivity contribution in [2.75, 3.05) is 11.1 Å². The molecule has 0 spiro atoms. The number of alkyl halides is 3. The van der Waals surface area contributed by atoms with Gasteiger partial charge in [-0.15, -0.1) is 0 Å². The fraction of sp³-hybridized carbons (Fsp3) is 0.148. The number of fused-ring (bicyclic) bond motifs is 2. The molecule has 15 heteroatoms. The minimum Gasteiger partial charge on any atom is -0.507 e. The summed E-state index contributed by atoms with van der Waals surface area (Å²) >= 11 is 0. The monoisotopic (exact) mass is 585 g/mol. The summed E-state index contributed by atoms with van der Waals surface area (Å²) in [4.78, 5) is 30.4. The number of phenolic OH excluding ortho intramolecular Hbond substituents is 1. The van der Waals surface area contributed by atoms with E-state index in [4.69, 9.17) is 5.73 Å². The molecular weight excluding hydrogens is 568 g/mol. The van der Waals surface area contributed by atoms with E-state index in [2.05, 4.69) is 25.3 Å². The van der Waals surface area contributed by atoms with Crippen molar-refractivity contribution in [3.8, 4) is 17.3 Å². The Morgan fingerprint density at radius 3 is 2.57 bits per heavy atom. The minimum absolute atomic E-state index is 0.0110. The van der Waals surface area contributed by atoms with Gasteiger partial charge in [0, 0.05) is 31.1 Å². The maximum atomic E-state index is 14.4. The third-order valence-electron chi connectivity index (χ3n) is 7.10. The predicted octanol–water partition coefficient (Wildman–Crippen LogP) is 4.76. The molecule has 2 aromatic carbocycles. The van der Waals surface area contributed by atoms with Crippen molar-refractivity contribution in [2.24, 2.45) is 0 Å². The van der Waals surface area contributed by atoms with Crippen molar-refractivity contribution in [3.05, 3.63) is 94.3 Å². The Hall–Kier alpha value is -5.21. The van der Waals surface area contributed by atoms with Crippen molar-refractivity contribution in [2.45, 2.75) is 24.9 Å². The topological polar surface area (TPSA) is 131 Å². The molecule has 0 unspecified atom stereocenters. The highest BCUT2D eigenvalue weighted by Crippen LogP contribution is 2.47. The number of aromatic nitrogens is 5. The van der Waals surface area contributed by atoms with E-state index in [0.29, 0.717) is 12.1 Å². The minimum atomic E-state index is -4.81. The lowest BCUT2D eigenvalue weighted by molar-refractivity contribution is -0.138. The van der Waals surface area contributed by atoms with Crippen molar-refractivity contribution >= 4 is 23.2 Å². The summed E-state index contributed by atoms with van der Waals surface area (Å²) in [6.07, 6.45) is -0.719. The molecule has 0 fully saturated rings. The van der Waals surface area contributed by atoms with Crippen LogP contribution in [0, 0.1) is 17.5 Å². The number of rotatable bonds is 4. The van der Waals surface area contributed by atoms with E-state index in [0.717, 1.165) is 18.2 Å². The highest BCUT2D eigenvalue weighted by molar-refractivity contribution is 6.09. The van der Waals surface area contributed by atoms with E-state index in [-0.39, 0.29) is 57.6 Å². The average molecular weight is 585 g/mol. The zero-order valence-corrected chi connectivity index (χ0v) is 21.3. The van der Waals surface area contributed by atoms with E-state index in [1.807, 2.05) is 0 Å². The lowest BCUT2D eigenvalue weighted by Gasteiger charge is -2.24. The van der Waals surface area contributed by atoms with Crippen LogP contribution in [0.5, 0.6) is 5.75 Å². The molecule has 0 bridgehead atoms. The smallest absolute Gasteiger partial charge is 0.419 e. The number of phenols is 1. The van der Waals surface area contributed by atoms with Crippen LogP contribution in [0.15, 0.2) is 48.9 Å². The predicted molar refractivity (Wildman–Crippen MR) is 136 cm³/mol. The van der Waals surface area contributed by atoms with E-state index in [1.54, 1.807) is 6.20 Å². The third-order valence-corrected chi connectivity index (χ3v) is 7.10. The zero-order valence-electron chi connectivity index (χ0n) is 21.3. The van der Waals surface area contributed by atoms with E-state index >= 15 is 0 Å². The van der Waals surface area contributed by atoms with Gasteiger partial charge in [-0.3, -0.25) is 4.79 Å². The molecule has 1 amide bonds. The lowest BCUT2D eigenvalue weighted by Crippen LogP contribution is -2.33. The normalized spacial score (nSPS) is 16.6. The largest absolute Gasteiger partial charge is 0.507 e. The van der Waals surface area contributed by atoms with Crippen LogP contribution >= 0.6 is 0 Å². The fourth-order valence-electron chi connectivity index (χ4n) is 5.02. The number of amides is 1. The highest BCUT2D eigenvalue weighted by Gasteiger charge is 2.48. The maximum absolute atomic E-state index is 14.4. The standard InChI is InChI=1S/C27H17F6N7O2/c1-26(12-2-3-14(18(41)8-12)27(31,32)33)19-21(34)37-22(38-23(19)39-25(26)42)17-10-40-5-4-35-24(40)16(36-17)7-11-6-13(28)9-15(29)20(11)30/h2-6,8-10,41H,7H2,1H3,(H3,34,37,38,39,42)/t26-/m1/s1. The molecule has 1 atom stereocenters. The number of nitrogens with zero attached hydrogens (tertiary/aromatic N) is 5. The number of aromatic hydroxyl groups is 1. The van der Waals surface area contributed by atoms with Crippen molar-refractivity contribution in [3.63, 3.8) is 0 Å². The summed E-state index contributed by atoms with van der Waals surface area (Å²) in [5.74, 6) is -5.68. The Labute approximate surface area is 231 Å². The Balaban J connectivity index is 1.44. The maximum Gasteiger partial charge on any atom is 0.419 e. The molecule has 0 radical (unpaired) electrons. The molecule has 3 aromatic heterocycles. The summed E-state index contributed by atoms with van der Waals surface area (Å²) in [7, 11) is 0. The molecule has 0 saturated heterocycles. The van der Waals surface area contributed by atoms with Crippen LogP contribution in [-0.4, -0.2) is 35.4 Å². The molecule has 4 N–H and O–H groups in total. The van der Waals surface area contributed by atoms with Gasteiger partial charge in [-0.05, 0) is 36.2 Å². The van der Waals surface area contributed by atoms with E-state index in [1.165, 1.54) is 23.7 Å². The van der Waals surface area contributed by atoms with Gasteiger partial charge in [0.25, 0.3) is 0 Å². The fourth-order valence-corrected chi connectivity index (χ4v) is 5.02. The van der Waals surface area contributed by atoms with Gasteiger partial charge in [-0.1, -0.05) is 6.07 Å². The first kappa shape index (κ1) is 27.0. The van der Waals surface area contributed by atoms with Gasteiger partial charge in [-0.2, -0.15) is 13.2 Å². The van der Waals surface area contributed by atoms with Gasteiger partial charge in [-0.25, -0.2) is 33.1 Å². The van der Waals surface area contributed by atoms with Gasteiger partial charge < -0.3 is 20.6 Å². The van der Waals surface area contributed by atoms with E-state index in [9.17, 15) is 36.2 Å². The molecule has 214 valence electrons. The molecule has 5 aromatic rings. The number of nitrogens with one attached hydrogen (secondary N) is 1. The first-order chi connectivity index (χ1) is 19.8. The molecule has 4 heterocycles. The number of hydrogen-bond donors (Lipinski definition) is 3.